The number of hydrogen-bond acceptors (Lipinski definition) is 2. The Morgan fingerprint density at radius 2 is 1.20 bits per heavy atom. The van der Waals surface area contributed by atoms with Crippen LogP contribution in [0.25, 0.3) is 0 Å². The van der Waals surface area contributed by atoms with Crippen LogP contribution in [-0.2, 0) is 18.3 Å². The van der Waals surface area contributed by atoms with Crippen molar-refractivity contribution < 1.29 is 19.0 Å². The predicted molar refractivity (Wildman–Crippen MR) is 116 cm³/mol. The molecule has 3 aromatic rings. The molecule has 4 heteroatoms. The fourth-order valence-corrected chi connectivity index (χ4v) is 3.78. The number of phenolic OH excluding ortho intramolecular Hbond substituents is 2. The van der Waals surface area contributed by atoms with E-state index in [9.17, 15) is 19.0 Å². The summed E-state index contributed by atoms with van der Waals surface area (Å²) in [6.07, 6.45) is 3.74. The minimum Gasteiger partial charge on any atom is -0.505 e. The minimum absolute atomic E-state index is 0.285. The molecule has 0 aromatic heterocycles. The Balaban J connectivity index is 2.35. The molecule has 30 heavy (non-hydrogen) atoms. The van der Waals surface area contributed by atoms with Gasteiger partial charge < -0.3 is 10.2 Å². The summed E-state index contributed by atoms with van der Waals surface area (Å²) in [5, 5.41) is 20.3. The molecule has 0 unspecified atom stereocenters. The molecule has 0 saturated heterocycles. The SMILES string of the molecule is C=CCc1cc(C(C)(c2ccccc2)c2cc(F)c(O)c(CC=C)c2)cc(F)c1O. The molecule has 0 spiro atoms. The Morgan fingerprint density at radius 1 is 0.767 bits per heavy atom. The van der Waals surface area contributed by atoms with E-state index < -0.39 is 28.5 Å². The molecule has 0 saturated carbocycles. The van der Waals surface area contributed by atoms with Gasteiger partial charge in [-0.25, -0.2) is 8.78 Å². The maximum absolute atomic E-state index is 14.7. The molecule has 0 aliphatic rings. The summed E-state index contributed by atoms with van der Waals surface area (Å²) in [5.74, 6) is -2.34. The minimum atomic E-state index is -0.948. The number of aromatic hydroxyl groups is 2. The Kier molecular flexibility index (Phi) is 6.06. The van der Waals surface area contributed by atoms with E-state index in [2.05, 4.69) is 13.2 Å². The second kappa shape index (κ2) is 8.54. The summed E-state index contributed by atoms with van der Waals surface area (Å²) in [6, 6.07) is 15.3. The fourth-order valence-electron chi connectivity index (χ4n) is 3.78. The predicted octanol–water partition coefficient (Wildman–Crippen LogP) is 6.19. The molecule has 2 N–H and O–H groups in total. The third kappa shape index (κ3) is 3.73. The van der Waals surface area contributed by atoms with E-state index in [0.29, 0.717) is 22.3 Å². The van der Waals surface area contributed by atoms with E-state index in [1.165, 1.54) is 12.1 Å². The van der Waals surface area contributed by atoms with Gasteiger partial charge in [-0.15, -0.1) is 13.2 Å². The van der Waals surface area contributed by atoms with Gasteiger partial charge in [0.25, 0.3) is 0 Å². The molecule has 0 amide bonds. The van der Waals surface area contributed by atoms with Gasteiger partial charge in [-0.2, -0.15) is 0 Å². The molecular formula is C26H24F2O2. The number of hydrogen-bond donors (Lipinski definition) is 2. The Morgan fingerprint density at radius 3 is 1.60 bits per heavy atom. The molecule has 3 aromatic carbocycles. The second-order valence-corrected chi connectivity index (χ2v) is 7.41. The maximum atomic E-state index is 14.7. The monoisotopic (exact) mass is 406 g/mol. The molecule has 0 heterocycles. The zero-order chi connectivity index (χ0) is 21.9. The first-order valence-corrected chi connectivity index (χ1v) is 9.64. The van der Waals surface area contributed by atoms with Crippen molar-refractivity contribution in [3.8, 4) is 11.5 Å². The van der Waals surface area contributed by atoms with Crippen LogP contribution in [0.5, 0.6) is 11.5 Å². The lowest BCUT2D eigenvalue weighted by Gasteiger charge is -2.33. The first-order valence-electron chi connectivity index (χ1n) is 9.64. The van der Waals surface area contributed by atoms with Gasteiger partial charge in [0, 0.05) is 16.5 Å². The topological polar surface area (TPSA) is 40.5 Å². The molecular weight excluding hydrogens is 382 g/mol. The molecule has 0 aliphatic carbocycles. The second-order valence-electron chi connectivity index (χ2n) is 7.41. The Labute approximate surface area is 175 Å². The molecule has 0 fully saturated rings. The lowest BCUT2D eigenvalue weighted by Crippen LogP contribution is -2.26. The highest BCUT2D eigenvalue weighted by molar-refractivity contribution is 5.55. The van der Waals surface area contributed by atoms with Crippen molar-refractivity contribution in [3.63, 3.8) is 0 Å². The van der Waals surface area contributed by atoms with Crippen molar-refractivity contribution in [2.24, 2.45) is 0 Å². The molecule has 0 bridgehead atoms. The largest absolute Gasteiger partial charge is 0.505 e. The molecule has 154 valence electrons. The zero-order valence-electron chi connectivity index (χ0n) is 16.8. The van der Waals surface area contributed by atoms with Gasteiger partial charge >= 0.3 is 0 Å². The van der Waals surface area contributed by atoms with Gasteiger partial charge in [0.15, 0.2) is 23.1 Å². The van der Waals surface area contributed by atoms with Crippen molar-refractivity contribution in [3.05, 3.63) is 119 Å². The first kappa shape index (κ1) is 21.3. The summed E-state index contributed by atoms with van der Waals surface area (Å²) >= 11 is 0. The average Bonchev–Trinajstić information content (AvgIpc) is 2.74. The summed E-state index contributed by atoms with van der Waals surface area (Å²) in [7, 11) is 0. The molecule has 3 rings (SSSR count). The van der Waals surface area contributed by atoms with Gasteiger partial charge in [-0.3, -0.25) is 0 Å². The third-order valence-corrected chi connectivity index (χ3v) is 5.52. The summed E-state index contributed by atoms with van der Waals surface area (Å²) in [5.41, 5.74) is 1.76. The van der Waals surface area contributed by atoms with E-state index in [1.54, 1.807) is 24.3 Å². The highest BCUT2D eigenvalue weighted by Crippen LogP contribution is 2.43. The normalized spacial score (nSPS) is 11.3. The van der Waals surface area contributed by atoms with Crippen LogP contribution in [0.3, 0.4) is 0 Å². The quantitative estimate of drug-likeness (QED) is 0.363. The Hall–Kier alpha value is -3.40. The first-order chi connectivity index (χ1) is 14.3. The van der Waals surface area contributed by atoms with E-state index in [0.717, 1.165) is 5.56 Å². The van der Waals surface area contributed by atoms with E-state index in [1.807, 2.05) is 37.3 Å². The molecule has 0 atom stereocenters. The Bertz CT molecular complexity index is 1020. The average molecular weight is 406 g/mol. The van der Waals surface area contributed by atoms with Crippen molar-refractivity contribution >= 4 is 0 Å². The van der Waals surface area contributed by atoms with Crippen molar-refractivity contribution in [1.29, 1.82) is 0 Å². The van der Waals surface area contributed by atoms with Crippen LogP contribution in [0.1, 0.15) is 34.7 Å². The zero-order valence-corrected chi connectivity index (χ0v) is 16.8. The van der Waals surface area contributed by atoms with Gasteiger partial charge in [0.2, 0.25) is 0 Å². The molecule has 0 radical (unpaired) electrons. The number of phenols is 2. The van der Waals surface area contributed by atoms with Gasteiger partial charge in [0.05, 0.1) is 0 Å². The van der Waals surface area contributed by atoms with Crippen molar-refractivity contribution in [1.82, 2.24) is 0 Å². The summed E-state index contributed by atoms with van der Waals surface area (Å²) < 4.78 is 29.3. The van der Waals surface area contributed by atoms with Crippen LogP contribution >= 0.6 is 0 Å². The van der Waals surface area contributed by atoms with Crippen LogP contribution in [0, 0.1) is 11.6 Å². The third-order valence-electron chi connectivity index (χ3n) is 5.52. The van der Waals surface area contributed by atoms with E-state index in [-0.39, 0.29) is 12.8 Å². The summed E-state index contributed by atoms with van der Waals surface area (Å²) in [6.45, 7) is 9.21. The highest BCUT2D eigenvalue weighted by Gasteiger charge is 2.34. The maximum Gasteiger partial charge on any atom is 0.165 e. The molecule has 2 nitrogen and oxygen atoms in total. The lowest BCUT2D eigenvalue weighted by molar-refractivity contribution is 0.424. The fraction of sp³-hybridized carbons (Fsp3) is 0.154. The van der Waals surface area contributed by atoms with Crippen LogP contribution < -0.4 is 0 Å². The van der Waals surface area contributed by atoms with Crippen LogP contribution in [0.2, 0.25) is 0 Å². The number of halogens is 2. The standard InChI is InChI=1S/C26H24F2O2/c1-4-9-17-13-20(15-22(27)24(17)29)26(3,19-11-7-6-8-12-19)21-14-18(10-5-2)25(30)23(28)16-21/h4-8,11-16,29-30H,1-2,9-10H2,3H3. The highest BCUT2D eigenvalue weighted by atomic mass is 19.1. The van der Waals surface area contributed by atoms with E-state index in [4.69, 9.17) is 0 Å². The number of rotatable bonds is 7. The molecule has 0 aliphatic heterocycles. The van der Waals surface area contributed by atoms with Crippen molar-refractivity contribution in [2.45, 2.75) is 25.2 Å². The number of allylic oxidation sites excluding steroid dienone is 2. The van der Waals surface area contributed by atoms with Crippen LogP contribution in [0.15, 0.2) is 79.9 Å². The van der Waals surface area contributed by atoms with Gasteiger partial charge in [-0.05, 0) is 48.6 Å². The van der Waals surface area contributed by atoms with Crippen LogP contribution in [-0.4, -0.2) is 10.2 Å². The van der Waals surface area contributed by atoms with Crippen LogP contribution in [0.4, 0.5) is 8.78 Å². The van der Waals surface area contributed by atoms with Gasteiger partial charge in [0.1, 0.15) is 0 Å². The smallest absolute Gasteiger partial charge is 0.165 e. The van der Waals surface area contributed by atoms with Crippen molar-refractivity contribution in [2.75, 3.05) is 0 Å². The van der Waals surface area contributed by atoms with E-state index >= 15 is 0 Å². The lowest BCUT2D eigenvalue weighted by atomic mass is 9.70. The van der Waals surface area contributed by atoms with Gasteiger partial charge in [-0.1, -0.05) is 54.6 Å². The summed E-state index contributed by atoms with van der Waals surface area (Å²) in [4.78, 5) is 0. The number of benzene rings is 3.